The molecule has 1 N–H and O–H groups in total. The number of hydrogen-bond donors (Lipinski definition) is 1. The molecule has 1 aromatic carbocycles. The van der Waals surface area contributed by atoms with Gasteiger partial charge >= 0.3 is 6.03 Å². The summed E-state index contributed by atoms with van der Waals surface area (Å²) >= 11 is 1.40. The summed E-state index contributed by atoms with van der Waals surface area (Å²) in [5.41, 5.74) is 1.06. The highest BCUT2D eigenvalue weighted by molar-refractivity contribution is 8.15. The third-order valence-electron chi connectivity index (χ3n) is 5.58. The maximum Gasteiger partial charge on any atom is 0.326 e. The van der Waals surface area contributed by atoms with Crippen LogP contribution in [0.2, 0.25) is 0 Å². The van der Waals surface area contributed by atoms with Crippen molar-refractivity contribution in [3.05, 3.63) is 35.9 Å². The number of rotatable bonds is 5. The van der Waals surface area contributed by atoms with E-state index in [1.165, 1.54) is 11.8 Å². The van der Waals surface area contributed by atoms with E-state index >= 15 is 0 Å². The minimum atomic E-state index is -0.308. The third kappa shape index (κ3) is 4.75. The number of thioether (sulfide) groups is 1. The summed E-state index contributed by atoms with van der Waals surface area (Å²) in [5.74, 6) is -0.0378. The molecule has 0 aliphatic carbocycles. The molecule has 0 bridgehead atoms. The Morgan fingerprint density at radius 3 is 2.86 bits per heavy atom. The molecule has 3 heterocycles. The third-order valence-corrected chi connectivity index (χ3v) is 6.97. The molecule has 156 valence electrons. The van der Waals surface area contributed by atoms with Crippen molar-refractivity contribution in [3.63, 3.8) is 0 Å². The maximum absolute atomic E-state index is 12.9. The van der Waals surface area contributed by atoms with Crippen LogP contribution in [0.15, 0.2) is 35.3 Å². The number of hydrogen-bond acceptors (Lipinski definition) is 5. The summed E-state index contributed by atoms with van der Waals surface area (Å²) in [6.45, 7) is 5.15. The first-order chi connectivity index (χ1) is 14.1. The van der Waals surface area contributed by atoms with Crippen molar-refractivity contribution in [2.24, 2.45) is 4.99 Å². The zero-order valence-corrected chi connectivity index (χ0v) is 17.6. The zero-order valence-electron chi connectivity index (χ0n) is 16.8. The van der Waals surface area contributed by atoms with Gasteiger partial charge in [0.1, 0.15) is 5.25 Å². The Hall–Kier alpha value is -2.06. The van der Waals surface area contributed by atoms with Crippen LogP contribution in [0.1, 0.15) is 31.7 Å². The second-order valence-electron chi connectivity index (χ2n) is 7.76. The Morgan fingerprint density at radius 2 is 2.10 bits per heavy atom. The first kappa shape index (κ1) is 20.2. The highest BCUT2D eigenvalue weighted by Crippen LogP contribution is 2.31. The summed E-state index contributed by atoms with van der Waals surface area (Å²) in [6, 6.07) is 9.66. The van der Waals surface area contributed by atoms with E-state index in [-0.39, 0.29) is 29.3 Å². The summed E-state index contributed by atoms with van der Waals surface area (Å²) < 4.78 is 5.78. The summed E-state index contributed by atoms with van der Waals surface area (Å²) in [7, 11) is 0. The molecule has 0 saturated carbocycles. The predicted molar refractivity (Wildman–Crippen MR) is 114 cm³/mol. The van der Waals surface area contributed by atoms with E-state index in [4.69, 9.17) is 4.74 Å². The standard InChI is InChI=1S/C21H28N4O3S/c1-15-18(19(26)22-13-16-7-3-2-4-8-16)29-20(23-15)25-11-10-24(21(25)27)14-17-9-5-6-12-28-17/h2-4,7-8,15,17-18H,5-6,9-14H2,1H3,(H,22,26). The Kier molecular flexibility index (Phi) is 6.40. The largest absolute Gasteiger partial charge is 0.376 e. The van der Waals surface area contributed by atoms with Gasteiger partial charge in [0.2, 0.25) is 5.91 Å². The highest BCUT2D eigenvalue weighted by Gasteiger charge is 2.40. The van der Waals surface area contributed by atoms with E-state index in [1.54, 1.807) is 4.90 Å². The van der Waals surface area contributed by atoms with Crippen molar-refractivity contribution in [2.75, 3.05) is 26.2 Å². The van der Waals surface area contributed by atoms with Gasteiger partial charge in [0.05, 0.1) is 12.1 Å². The van der Waals surface area contributed by atoms with Crippen molar-refractivity contribution in [2.45, 2.75) is 50.1 Å². The minimum Gasteiger partial charge on any atom is -0.376 e. The lowest BCUT2D eigenvalue weighted by molar-refractivity contribution is -0.120. The molecule has 3 aliphatic rings. The van der Waals surface area contributed by atoms with Crippen LogP contribution in [-0.4, -0.2) is 70.5 Å². The molecule has 0 radical (unpaired) electrons. The molecule has 0 aromatic heterocycles. The highest BCUT2D eigenvalue weighted by atomic mass is 32.2. The number of amides is 3. The first-order valence-electron chi connectivity index (χ1n) is 10.4. The van der Waals surface area contributed by atoms with E-state index in [2.05, 4.69) is 10.3 Å². The van der Waals surface area contributed by atoms with Crippen molar-refractivity contribution in [1.29, 1.82) is 0 Å². The molecule has 29 heavy (non-hydrogen) atoms. The van der Waals surface area contributed by atoms with E-state index in [1.807, 2.05) is 42.2 Å². The number of carbonyl (C=O) groups excluding carboxylic acids is 2. The van der Waals surface area contributed by atoms with E-state index in [9.17, 15) is 9.59 Å². The molecule has 8 heteroatoms. The molecule has 2 saturated heterocycles. The number of urea groups is 1. The molecule has 4 rings (SSSR count). The zero-order chi connectivity index (χ0) is 20.2. The summed E-state index contributed by atoms with van der Waals surface area (Å²) in [4.78, 5) is 33.7. The number of amidine groups is 1. The Bertz CT molecular complexity index is 766. The molecule has 3 atom stereocenters. The van der Waals surface area contributed by atoms with E-state index in [0.717, 1.165) is 31.4 Å². The fraction of sp³-hybridized carbons (Fsp3) is 0.571. The second-order valence-corrected chi connectivity index (χ2v) is 8.87. The molecule has 2 fully saturated rings. The van der Waals surface area contributed by atoms with Crippen molar-refractivity contribution in [3.8, 4) is 0 Å². The first-order valence-corrected chi connectivity index (χ1v) is 11.2. The van der Waals surface area contributed by atoms with Crippen LogP contribution in [0.5, 0.6) is 0 Å². The number of carbonyl (C=O) groups is 2. The predicted octanol–water partition coefficient (Wildman–Crippen LogP) is 2.47. The monoisotopic (exact) mass is 416 g/mol. The van der Waals surface area contributed by atoms with Gasteiger partial charge in [-0.1, -0.05) is 42.1 Å². The topological polar surface area (TPSA) is 74.2 Å². The van der Waals surface area contributed by atoms with Crippen LogP contribution < -0.4 is 5.32 Å². The van der Waals surface area contributed by atoms with Crippen molar-refractivity contribution >= 4 is 28.9 Å². The van der Waals surface area contributed by atoms with Gasteiger partial charge in [0, 0.05) is 32.8 Å². The van der Waals surface area contributed by atoms with Crippen LogP contribution in [0.4, 0.5) is 4.79 Å². The lowest BCUT2D eigenvalue weighted by Crippen LogP contribution is -2.40. The van der Waals surface area contributed by atoms with Gasteiger partial charge in [-0.2, -0.15) is 0 Å². The van der Waals surface area contributed by atoms with Crippen LogP contribution in [0.3, 0.4) is 0 Å². The SMILES string of the molecule is CC1N=C(N2CCN(CC3CCCCO3)C2=O)SC1C(=O)NCc1ccccc1. The summed E-state index contributed by atoms with van der Waals surface area (Å²) in [6.07, 6.45) is 3.42. The molecule has 3 amide bonds. The molecule has 3 unspecified atom stereocenters. The average molecular weight is 417 g/mol. The van der Waals surface area contributed by atoms with Crippen molar-refractivity contribution in [1.82, 2.24) is 15.1 Å². The smallest absolute Gasteiger partial charge is 0.326 e. The molecule has 7 nitrogen and oxygen atoms in total. The normalized spacial score (nSPS) is 27.3. The number of nitrogens with one attached hydrogen (secondary N) is 1. The fourth-order valence-corrected chi connectivity index (χ4v) is 5.10. The maximum atomic E-state index is 12.9. The van der Waals surface area contributed by atoms with Gasteiger partial charge in [-0.3, -0.25) is 14.7 Å². The minimum absolute atomic E-state index is 0.0250. The van der Waals surface area contributed by atoms with Gasteiger partial charge in [-0.15, -0.1) is 0 Å². The Balaban J connectivity index is 1.30. The van der Waals surface area contributed by atoms with E-state index in [0.29, 0.717) is 31.3 Å². The number of ether oxygens (including phenoxy) is 1. The molecule has 1 aromatic rings. The van der Waals surface area contributed by atoms with Crippen LogP contribution >= 0.6 is 11.8 Å². The van der Waals surface area contributed by atoms with Crippen molar-refractivity contribution < 1.29 is 14.3 Å². The van der Waals surface area contributed by atoms with Gasteiger partial charge in [0.15, 0.2) is 5.17 Å². The van der Waals surface area contributed by atoms with Crippen LogP contribution in [0.25, 0.3) is 0 Å². The number of aliphatic imine (C=N–C) groups is 1. The van der Waals surface area contributed by atoms with Gasteiger partial charge in [-0.25, -0.2) is 4.79 Å². The molecular weight excluding hydrogens is 388 g/mol. The van der Waals surface area contributed by atoms with Crippen LogP contribution in [-0.2, 0) is 16.1 Å². The summed E-state index contributed by atoms with van der Waals surface area (Å²) in [5, 5.41) is 3.35. The number of nitrogens with zero attached hydrogens (tertiary/aromatic N) is 3. The Labute approximate surface area is 175 Å². The van der Waals surface area contributed by atoms with E-state index < -0.39 is 0 Å². The van der Waals surface area contributed by atoms with Crippen LogP contribution in [0, 0.1) is 0 Å². The molecule has 0 spiro atoms. The Morgan fingerprint density at radius 1 is 1.28 bits per heavy atom. The van der Waals surface area contributed by atoms with Gasteiger partial charge in [-0.05, 0) is 31.7 Å². The molecule has 3 aliphatic heterocycles. The average Bonchev–Trinajstić information content (AvgIpc) is 3.30. The second kappa shape index (κ2) is 9.17. The van der Waals surface area contributed by atoms with Gasteiger partial charge in [0.25, 0.3) is 0 Å². The lowest BCUT2D eigenvalue weighted by Gasteiger charge is -2.27. The lowest BCUT2D eigenvalue weighted by atomic mass is 10.1. The quantitative estimate of drug-likeness (QED) is 0.800. The van der Waals surface area contributed by atoms with Gasteiger partial charge < -0.3 is 15.0 Å². The number of benzene rings is 1. The molecular formula is C21H28N4O3S. The fourth-order valence-electron chi connectivity index (χ4n) is 3.90.